The summed E-state index contributed by atoms with van der Waals surface area (Å²) in [6.45, 7) is 6.64. The molecule has 9 nitrogen and oxygen atoms in total. The van der Waals surface area contributed by atoms with Gasteiger partial charge in [-0.25, -0.2) is 0 Å². The van der Waals surface area contributed by atoms with Crippen molar-refractivity contribution in [3.8, 4) is 0 Å². The summed E-state index contributed by atoms with van der Waals surface area (Å²) in [5, 5.41) is 2.99. The van der Waals surface area contributed by atoms with Crippen molar-refractivity contribution in [3.05, 3.63) is 85.1 Å². The number of allylic oxidation sites excluding steroid dienone is 13. The quantitative estimate of drug-likeness (QED) is 0.0212. The molecule has 10 heteroatoms. The van der Waals surface area contributed by atoms with Gasteiger partial charge in [-0.05, 0) is 96.0 Å². The van der Waals surface area contributed by atoms with Crippen LogP contribution in [-0.4, -0.2) is 69.4 Å². The van der Waals surface area contributed by atoms with Gasteiger partial charge in [0.2, 0.25) is 5.91 Å². The number of nitrogens with zero attached hydrogens (tertiary/aromatic N) is 1. The second-order valence-corrected chi connectivity index (χ2v) is 20.8. The number of carbonyl (C=O) groups is 2. The van der Waals surface area contributed by atoms with Crippen molar-refractivity contribution in [3.63, 3.8) is 0 Å². The largest absolute Gasteiger partial charge is 0.756 e. The van der Waals surface area contributed by atoms with Crippen LogP contribution in [0.25, 0.3) is 0 Å². The molecule has 0 aliphatic heterocycles. The van der Waals surface area contributed by atoms with Gasteiger partial charge < -0.3 is 28.5 Å². The molecule has 0 saturated heterocycles. The van der Waals surface area contributed by atoms with E-state index in [0.29, 0.717) is 23.9 Å². The summed E-state index contributed by atoms with van der Waals surface area (Å²) in [5.74, 6) is -0.634. The van der Waals surface area contributed by atoms with E-state index in [0.717, 1.165) is 83.5 Å². The highest BCUT2D eigenvalue weighted by molar-refractivity contribution is 7.45. The van der Waals surface area contributed by atoms with E-state index in [-0.39, 0.29) is 25.4 Å². The number of phosphoric ester groups is 1. The SMILES string of the molecule is CC/C=C\C/C=C\C/C=C\C/C=C\C/C=C\CCCC(=O)OC(/C=C/CCCCCCCCCCCC)C(COP(=O)([O-])OCC[N+](C)(C)C)NC(=O)CCCCC/C=C\CCCCCCCC. The molecule has 68 heavy (non-hydrogen) atoms. The average molecular weight is 971 g/mol. The standard InChI is InChI=1S/C58H103N2O7P/c1-7-10-13-16-19-22-25-28-29-30-31-33-36-39-42-45-48-51-58(62)67-56(49-46-43-40-37-34-27-24-21-18-15-12-9-3)55(54-66-68(63,64)65-53-52-60(4,5)6)59-57(61)50-47-44-41-38-35-32-26-23-20-17-14-11-8-2/h10,13,19,22,28-29,31-33,35,39,42,46,49,55-56H,7-9,11-12,14-18,20-21,23-27,30,34,36-38,40-41,43-45,47-48,50-54H2,1-6H3,(H-,59,61,63,64)/b13-10-,22-19-,29-28-,33-31-,35-32-,42-39-,49-46+. The highest BCUT2D eigenvalue weighted by Gasteiger charge is 2.27. The Balaban J connectivity index is 5.52. The summed E-state index contributed by atoms with van der Waals surface area (Å²) in [6, 6.07) is -0.921. The Morgan fingerprint density at radius 3 is 1.46 bits per heavy atom. The van der Waals surface area contributed by atoms with Crippen LogP contribution in [0.1, 0.15) is 220 Å². The Hall–Kier alpha value is -2.81. The smallest absolute Gasteiger partial charge is 0.306 e. The molecule has 0 saturated carbocycles. The first-order valence-electron chi connectivity index (χ1n) is 27.4. The van der Waals surface area contributed by atoms with Crippen molar-refractivity contribution in [2.45, 2.75) is 232 Å². The van der Waals surface area contributed by atoms with Crippen molar-refractivity contribution in [1.29, 1.82) is 0 Å². The second-order valence-electron chi connectivity index (χ2n) is 19.3. The predicted molar refractivity (Wildman–Crippen MR) is 288 cm³/mol. The van der Waals surface area contributed by atoms with E-state index in [1.54, 1.807) is 6.08 Å². The molecule has 0 aliphatic carbocycles. The first-order valence-corrected chi connectivity index (χ1v) is 28.9. The first-order chi connectivity index (χ1) is 32.9. The van der Waals surface area contributed by atoms with Crippen LogP contribution in [0.4, 0.5) is 0 Å². The number of esters is 1. The fraction of sp³-hybridized carbons (Fsp3) is 0.724. The monoisotopic (exact) mass is 971 g/mol. The predicted octanol–water partition coefficient (Wildman–Crippen LogP) is 15.6. The van der Waals surface area contributed by atoms with E-state index in [1.165, 1.54) is 89.9 Å². The molecule has 0 bridgehead atoms. The summed E-state index contributed by atoms with van der Waals surface area (Å²) in [5.41, 5.74) is 0. The van der Waals surface area contributed by atoms with E-state index < -0.39 is 32.5 Å². The molecule has 0 radical (unpaired) electrons. The lowest BCUT2D eigenvalue weighted by atomic mass is 10.1. The van der Waals surface area contributed by atoms with E-state index in [4.69, 9.17) is 13.8 Å². The van der Waals surface area contributed by atoms with Gasteiger partial charge in [0.15, 0.2) is 0 Å². The molecule has 0 fully saturated rings. The maximum Gasteiger partial charge on any atom is 0.306 e. The lowest BCUT2D eigenvalue weighted by Crippen LogP contribution is -2.47. The van der Waals surface area contributed by atoms with E-state index in [2.05, 4.69) is 99.0 Å². The number of hydrogen-bond donors (Lipinski definition) is 1. The molecule has 0 spiro atoms. The minimum Gasteiger partial charge on any atom is -0.756 e. The number of hydrogen-bond acceptors (Lipinski definition) is 7. The van der Waals surface area contributed by atoms with Gasteiger partial charge in [-0.2, -0.15) is 0 Å². The molecule has 0 aliphatic rings. The Morgan fingerprint density at radius 1 is 0.529 bits per heavy atom. The van der Waals surface area contributed by atoms with Crippen molar-refractivity contribution < 1.29 is 37.3 Å². The zero-order chi connectivity index (χ0) is 50.1. The fourth-order valence-corrected chi connectivity index (χ4v) is 8.04. The van der Waals surface area contributed by atoms with Crippen LogP contribution in [0.2, 0.25) is 0 Å². The molecule has 0 aromatic rings. The van der Waals surface area contributed by atoms with Crippen molar-refractivity contribution in [2.75, 3.05) is 40.9 Å². The molecule has 3 unspecified atom stereocenters. The normalized spacial score (nSPS) is 14.5. The number of likely N-dealkylation sites (N-methyl/N-ethyl adjacent to an activating group) is 1. The molecule has 392 valence electrons. The van der Waals surface area contributed by atoms with Crippen molar-refractivity contribution >= 4 is 19.7 Å². The Labute approximate surface area is 418 Å². The van der Waals surface area contributed by atoms with Crippen LogP contribution in [0.5, 0.6) is 0 Å². The fourth-order valence-electron chi connectivity index (χ4n) is 7.31. The van der Waals surface area contributed by atoms with E-state index >= 15 is 0 Å². The molecular formula is C58H103N2O7P. The number of quaternary nitrogens is 1. The highest BCUT2D eigenvalue weighted by atomic mass is 31.2. The Bertz CT molecular complexity index is 1440. The number of ether oxygens (including phenoxy) is 1. The lowest BCUT2D eigenvalue weighted by Gasteiger charge is -2.30. The topological polar surface area (TPSA) is 114 Å². The molecule has 3 atom stereocenters. The summed E-state index contributed by atoms with van der Waals surface area (Å²) in [7, 11) is 1.13. The van der Waals surface area contributed by atoms with Gasteiger partial charge in [0, 0.05) is 12.8 Å². The summed E-state index contributed by atoms with van der Waals surface area (Å²) < 4.78 is 30.1. The number of unbranched alkanes of at least 4 members (excludes halogenated alkanes) is 20. The van der Waals surface area contributed by atoms with Crippen LogP contribution in [0, 0.1) is 0 Å². The molecule has 1 amide bonds. The maximum absolute atomic E-state index is 13.4. The van der Waals surface area contributed by atoms with Gasteiger partial charge in [-0.3, -0.25) is 14.2 Å². The molecule has 0 aromatic carbocycles. The summed E-state index contributed by atoms with van der Waals surface area (Å²) >= 11 is 0. The van der Waals surface area contributed by atoms with Crippen molar-refractivity contribution in [1.82, 2.24) is 5.32 Å². The average Bonchev–Trinajstić information content (AvgIpc) is 3.29. The third-order valence-corrected chi connectivity index (χ3v) is 12.5. The van der Waals surface area contributed by atoms with Gasteiger partial charge in [0.25, 0.3) is 7.82 Å². The second kappa shape index (κ2) is 47.8. The van der Waals surface area contributed by atoms with Gasteiger partial charge in [0.05, 0.1) is 33.8 Å². The third kappa shape index (κ3) is 48.2. The Morgan fingerprint density at radius 2 is 0.956 bits per heavy atom. The van der Waals surface area contributed by atoms with Gasteiger partial charge >= 0.3 is 5.97 Å². The van der Waals surface area contributed by atoms with Crippen LogP contribution < -0.4 is 10.2 Å². The zero-order valence-electron chi connectivity index (χ0n) is 44.5. The maximum atomic E-state index is 13.4. The molecule has 0 aromatic heterocycles. The highest BCUT2D eigenvalue weighted by Crippen LogP contribution is 2.38. The van der Waals surface area contributed by atoms with E-state index in [9.17, 15) is 19.0 Å². The number of phosphoric acid groups is 1. The first kappa shape index (κ1) is 65.2. The number of rotatable bonds is 48. The summed E-state index contributed by atoms with van der Waals surface area (Å²) in [6.07, 6.45) is 61.3. The van der Waals surface area contributed by atoms with Crippen molar-refractivity contribution in [2.24, 2.45) is 0 Å². The van der Waals surface area contributed by atoms with Crippen LogP contribution in [-0.2, 0) is 27.9 Å². The zero-order valence-corrected chi connectivity index (χ0v) is 45.4. The van der Waals surface area contributed by atoms with E-state index in [1.807, 2.05) is 27.2 Å². The van der Waals surface area contributed by atoms with Crippen LogP contribution >= 0.6 is 7.82 Å². The Kier molecular flexibility index (Phi) is 45.9. The molecule has 0 rings (SSSR count). The molecule has 1 N–H and O–H groups in total. The number of amides is 1. The molecular weight excluding hydrogens is 868 g/mol. The minimum absolute atomic E-state index is 0.0371. The van der Waals surface area contributed by atoms with Crippen LogP contribution in [0.15, 0.2) is 85.1 Å². The van der Waals surface area contributed by atoms with Gasteiger partial charge in [-0.1, -0.05) is 196 Å². The third-order valence-electron chi connectivity index (χ3n) is 11.6. The molecule has 0 heterocycles. The lowest BCUT2D eigenvalue weighted by molar-refractivity contribution is -0.870. The minimum atomic E-state index is -4.71. The van der Waals surface area contributed by atoms with Crippen LogP contribution in [0.3, 0.4) is 0 Å². The van der Waals surface area contributed by atoms with Gasteiger partial charge in [0.1, 0.15) is 19.3 Å². The summed E-state index contributed by atoms with van der Waals surface area (Å²) in [4.78, 5) is 39.7. The number of carbonyl (C=O) groups excluding carboxylic acids is 2. The number of nitrogens with one attached hydrogen (secondary N) is 1. The van der Waals surface area contributed by atoms with Gasteiger partial charge in [-0.15, -0.1) is 0 Å².